The molecule has 1 aromatic heterocycles. The molecule has 3 nitrogen and oxygen atoms in total. The van der Waals surface area contributed by atoms with Crippen LogP contribution in [0.15, 0.2) is 28.7 Å². The van der Waals surface area contributed by atoms with Crippen LogP contribution in [0.3, 0.4) is 0 Å². The Morgan fingerprint density at radius 1 is 1.33 bits per heavy atom. The summed E-state index contributed by atoms with van der Waals surface area (Å²) >= 11 is 0. The topological polar surface area (TPSA) is 25.6 Å². The van der Waals surface area contributed by atoms with Crippen LogP contribution in [0.2, 0.25) is 0 Å². The number of ether oxygens (including phenoxy) is 1. The Labute approximate surface area is 125 Å². The first-order chi connectivity index (χ1) is 10.2. The first-order valence-corrected chi connectivity index (χ1v) is 7.96. The van der Waals surface area contributed by atoms with Gasteiger partial charge in [-0.2, -0.15) is 0 Å². The lowest BCUT2D eigenvalue weighted by atomic mass is 9.72. The zero-order chi connectivity index (χ0) is 14.4. The van der Waals surface area contributed by atoms with E-state index in [2.05, 4.69) is 36.1 Å². The number of piperidine rings is 1. The summed E-state index contributed by atoms with van der Waals surface area (Å²) in [6.45, 7) is 5.47. The summed E-state index contributed by atoms with van der Waals surface area (Å²) in [6, 6.07) is 8.82. The van der Waals surface area contributed by atoms with Crippen molar-refractivity contribution in [3.05, 3.63) is 35.6 Å². The Hall–Kier alpha value is -1.32. The molecule has 2 aromatic rings. The third kappa shape index (κ3) is 1.95. The van der Waals surface area contributed by atoms with Gasteiger partial charge in [0.25, 0.3) is 0 Å². The fourth-order valence-corrected chi connectivity index (χ4v) is 4.45. The van der Waals surface area contributed by atoms with Gasteiger partial charge in [0.1, 0.15) is 11.3 Å². The van der Waals surface area contributed by atoms with Gasteiger partial charge in [-0.25, -0.2) is 0 Å². The maximum atomic E-state index is 6.30. The SMILES string of the molecule is COC[C@]1(C)CCCN2CCc3c(oc4ccccc34)[C@@H]21. The van der Waals surface area contributed by atoms with Gasteiger partial charge in [-0.1, -0.05) is 25.1 Å². The second kappa shape index (κ2) is 4.85. The van der Waals surface area contributed by atoms with Crippen LogP contribution in [0.5, 0.6) is 0 Å². The van der Waals surface area contributed by atoms with Gasteiger partial charge in [0.05, 0.1) is 12.6 Å². The van der Waals surface area contributed by atoms with Gasteiger partial charge in [-0.3, -0.25) is 4.90 Å². The van der Waals surface area contributed by atoms with Crippen molar-refractivity contribution in [1.82, 2.24) is 4.90 Å². The average molecular weight is 285 g/mol. The minimum Gasteiger partial charge on any atom is -0.459 e. The summed E-state index contributed by atoms with van der Waals surface area (Å²) in [4.78, 5) is 2.60. The van der Waals surface area contributed by atoms with Crippen LogP contribution in [0.1, 0.15) is 37.1 Å². The number of methoxy groups -OCH3 is 1. The Kier molecular flexibility index (Phi) is 3.09. The average Bonchev–Trinajstić information content (AvgIpc) is 2.85. The third-order valence-electron chi connectivity index (χ3n) is 5.32. The number of para-hydroxylation sites is 1. The van der Waals surface area contributed by atoms with Gasteiger partial charge < -0.3 is 9.15 Å². The normalized spacial score (nSPS) is 29.3. The molecule has 0 bridgehead atoms. The van der Waals surface area contributed by atoms with Gasteiger partial charge in [0.2, 0.25) is 0 Å². The van der Waals surface area contributed by atoms with Crippen LogP contribution >= 0.6 is 0 Å². The maximum Gasteiger partial charge on any atom is 0.134 e. The highest BCUT2D eigenvalue weighted by Crippen LogP contribution is 2.50. The number of hydrogen-bond donors (Lipinski definition) is 0. The Morgan fingerprint density at radius 3 is 3.05 bits per heavy atom. The molecule has 0 radical (unpaired) electrons. The third-order valence-corrected chi connectivity index (χ3v) is 5.32. The smallest absolute Gasteiger partial charge is 0.134 e. The molecule has 2 aliphatic rings. The van der Waals surface area contributed by atoms with E-state index in [4.69, 9.17) is 9.15 Å². The van der Waals surface area contributed by atoms with Crippen LogP contribution in [0.4, 0.5) is 0 Å². The number of hydrogen-bond acceptors (Lipinski definition) is 3. The molecule has 1 fully saturated rings. The van der Waals surface area contributed by atoms with Crippen molar-refractivity contribution in [3.8, 4) is 0 Å². The highest BCUT2D eigenvalue weighted by Gasteiger charge is 2.46. The van der Waals surface area contributed by atoms with E-state index in [1.165, 1.54) is 36.1 Å². The first kappa shape index (κ1) is 13.4. The largest absolute Gasteiger partial charge is 0.459 e. The fraction of sp³-hybridized carbons (Fsp3) is 0.556. The standard InChI is InChI=1S/C18H23NO2/c1-18(12-20-2)9-5-10-19-11-8-14-13-6-3-4-7-15(13)21-16(14)17(18)19/h3-4,6-7,17H,5,8-12H2,1-2H3/t17-,18+/m1/s1. The second-order valence-electron chi connectivity index (χ2n) is 6.82. The van der Waals surface area contributed by atoms with Crippen molar-refractivity contribution in [3.63, 3.8) is 0 Å². The molecule has 1 aromatic carbocycles. The maximum absolute atomic E-state index is 6.30. The molecule has 21 heavy (non-hydrogen) atoms. The predicted molar refractivity (Wildman–Crippen MR) is 83.4 cm³/mol. The summed E-state index contributed by atoms with van der Waals surface area (Å²) < 4.78 is 11.9. The highest BCUT2D eigenvalue weighted by molar-refractivity contribution is 5.82. The Bertz CT molecular complexity index is 658. The van der Waals surface area contributed by atoms with Crippen LogP contribution in [0.25, 0.3) is 11.0 Å². The molecule has 0 N–H and O–H groups in total. The molecule has 2 aliphatic heterocycles. The summed E-state index contributed by atoms with van der Waals surface area (Å²) in [7, 11) is 1.81. The van der Waals surface area contributed by atoms with Crippen LogP contribution in [-0.2, 0) is 11.2 Å². The van der Waals surface area contributed by atoms with E-state index in [9.17, 15) is 0 Å². The Morgan fingerprint density at radius 2 is 2.19 bits per heavy atom. The van der Waals surface area contributed by atoms with Crippen LogP contribution in [-0.4, -0.2) is 31.7 Å². The minimum absolute atomic E-state index is 0.149. The van der Waals surface area contributed by atoms with Crippen molar-refractivity contribution in [1.29, 1.82) is 0 Å². The predicted octanol–water partition coefficient (Wildman–Crippen LogP) is 3.78. The highest BCUT2D eigenvalue weighted by atomic mass is 16.5. The first-order valence-electron chi connectivity index (χ1n) is 7.96. The number of fused-ring (bicyclic) bond motifs is 5. The van der Waals surface area contributed by atoms with Crippen molar-refractivity contribution < 1.29 is 9.15 Å². The van der Waals surface area contributed by atoms with Gasteiger partial charge in [0.15, 0.2) is 0 Å². The van der Waals surface area contributed by atoms with Crippen LogP contribution < -0.4 is 0 Å². The number of nitrogens with zero attached hydrogens (tertiary/aromatic N) is 1. The molecule has 112 valence electrons. The van der Waals surface area contributed by atoms with E-state index in [1.54, 1.807) is 0 Å². The van der Waals surface area contributed by atoms with E-state index in [0.717, 1.165) is 25.2 Å². The molecular formula is C18H23NO2. The minimum atomic E-state index is 0.149. The van der Waals surface area contributed by atoms with Crippen molar-refractivity contribution in [2.45, 2.75) is 32.2 Å². The fourth-order valence-electron chi connectivity index (χ4n) is 4.45. The monoisotopic (exact) mass is 285 g/mol. The van der Waals surface area contributed by atoms with E-state index in [0.29, 0.717) is 6.04 Å². The second-order valence-corrected chi connectivity index (χ2v) is 6.82. The zero-order valence-electron chi connectivity index (χ0n) is 12.9. The molecule has 0 spiro atoms. The number of rotatable bonds is 2. The van der Waals surface area contributed by atoms with Crippen molar-refractivity contribution in [2.75, 3.05) is 26.8 Å². The lowest BCUT2D eigenvalue weighted by Crippen LogP contribution is -2.49. The van der Waals surface area contributed by atoms with Crippen molar-refractivity contribution in [2.24, 2.45) is 5.41 Å². The summed E-state index contributed by atoms with van der Waals surface area (Å²) in [5.74, 6) is 1.20. The van der Waals surface area contributed by atoms with Gasteiger partial charge in [-0.05, 0) is 31.9 Å². The molecule has 0 amide bonds. The van der Waals surface area contributed by atoms with Gasteiger partial charge >= 0.3 is 0 Å². The molecule has 0 aliphatic carbocycles. The zero-order valence-corrected chi connectivity index (χ0v) is 12.9. The lowest BCUT2D eigenvalue weighted by molar-refractivity contribution is -0.0428. The van der Waals surface area contributed by atoms with Crippen molar-refractivity contribution >= 4 is 11.0 Å². The molecule has 0 unspecified atom stereocenters. The van der Waals surface area contributed by atoms with E-state index in [-0.39, 0.29) is 5.41 Å². The molecule has 4 rings (SSSR count). The number of benzene rings is 1. The molecular weight excluding hydrogens is 262 g/mol. The molecule has 3 heteroatoms. The summed E-state index contributed by atoms with van der Waals surface area (Å²) in [5.41, 5.74) is 2.61. The summed E-state index contributed by atoms with van der Waals surface area (Å²) in [6.07, 6.45) is 3.57. The van der Waals surface area contributed by atoms with Gasteiger partial charge in [0, 0.05) is 30.0 Å². The Balaban J connectivity index is 1.87. The molecule has 0 saturated carbocycles. The van der Waals surface area contributed by atoms with E-state index >= 15 is 0 Å². The lowest BCUT2D eigenvalue weighted by Gasteiger charge is -2.49. The number of furan rings is 1. The molecule has 3 heterocycles. The van der Waals surface area contributed by atoms with Crippen LogP contribution in [0, 0.1) is 5.41 Å². The van der Waals surface area contributed by atoms with Gasteiger partial charge in [-0.15, -0.1) is 0 Å². The quantitative estimate of drug-likeness (QED) is 0.839. The van der Waals surface area contributed by atoms with E-state index < -0.39 is 0 Å². The van der Waals surface area contributed by atoms with E-state index in [1.807, 2.05) is 7.11 Å². The molecule has 2 atom stereocenters. The summed E-state index contributed by atoms with van der Waals surface area (Å²) in [5, 5.41) is 1.30. The molecule has 1 saturated heterocycles.